The first-order valence-electron chi connectivity index (χ1n) is 7.06. The van der Waals surface area contributed by atoms with Crippen LogP contribution in [0.5, 0.6) is 5.75 Å². The molecule has 112 valence electrons. The molecule has 1 heterocycles. The summed E-state index contributed by atoms with van der Waals surface area (Å²) in [5, 5.41) is 26.5. The van der Waals surface area contributed by atoms with Gasteiger partial charge in [-0.05, 0) is 41.5 Å². The smallest absolute Gasteiger partial charge is 0.250 e. The molecule has 0 spiro atoms. The van der Waals surface area contributed by atoms with Crippen molar-refractivity contribution in [2.24, 2.45) is 0 Å². The number of para-hydroxylation sites is 1. The van der Waals surface area contributed by atoms with Crippen LogP contribution in [-0.2, 0) is 0 Å². The van der Waals surface area contributed by atoms with Gasteiger partial charge in [-0.1, -0.05) is 19.1 Å². The van der Waals surface area contributed by atoms with E-state index >= 15 is 0 Å². The molecule has 1 N–H and O–H groups in total. The number of hydrogen-bond acceptors (Lipinski definition) is 4. The molecule has 0 saturated heterocycles. The van der Waals surface area contributed by atoms with Gasteiger partial charge in [0.25, 0.3) is 0 Å². The Morgan fingerprint density at radius 2 is 2.09 bits per heavy atom. The fourth-order valence-electron chi connectivity index (χ4n) is 2.34. The molecule has 3 aromatic rings. The van der Waals surface area contributed by atoms with Gasteiger partial charge < -0.3 is 10.3 Å². The summed E-state index contributed by atoms with van der Waals surface area (Å²) in [6.07, 6.45) is 1.16. The van der Waals surface area contributed by atoms with Crippen LogP contribution >= 0.6 is 0 Å². The maximum absolute atomic E-state index is 12.3. The Hall–Kier alpha value is -2.89. The van der Waals surface area contributed by atoms with Gasteiger partial charge in [0, 0.05) is 12.0 Å². The van der Waals surface area contributed by atoms with Crippen molar-refractivity contribution >= 4 is 16.8 Å². The van der Waals surface area contributed by atoms with Gasteiger partial charge in [-0.15, -0.1) is 4.85 Å². The number of hydrogen-bond donors (Lipinski definition) is 1. The highest BCUT2D eigenvalue weighted by Gasteiger charge is 2.19. The van der Waals surface area contributed by atoms with Gasteiger partial charge in [-0.3, -0.25) is 4.79 Å². The van der Waals surface area contributed by atoms with E-state index < -0.39 is 0 Å². The Morgan fingerprint density at radius 3 is 2.82 bits per heavy atom. The lowest BCUT2D eigenvalue weighted by Gasteiger charge is -2.07. The van der Waals surface area contributed by atoms with E-state index in [9.17, 15) is 15.1 Å². The largest absolute Gasteiger partial charge is 0.692 e. The van der Waals surface area contributed by atoms with E-state index in [1.807, 2.05) is 6.92 Å². The Kier molecular flexibility index (Phi) is 3.50. The van der Waals surface area contributed by atoms with Gasteiger partial charge in [0.15, 0.2) is 11.5 Å². The Bertz CT molecular complexity index is 855. The van der Waals surface area contributed by atoms with Crippen LogP contribution in [0.2, 0.25) is 0 Å². The molecule has 0 saturated carbocycles. The van der Waals surface area contributed by atoms with Crippen molar-refractivity contribution in [3.8, 4) is 11.4 Å². The van der Waals surface area contributed by atoms with Gasteiger partial charge in [-0.2, -0.15) is 0 Å². The van der Waals surface area contributed by atoms with Crippen LogP contribution in [0.4, 0.5) is 0 Å². The van der Waals surface area contributed by atoms with Gasteiger partial charge >= 0.3 is 0 Å². The number of fused-ring (bicyclic) bond motifs is 1. The summed E-state index contributed by atoms with van der Waals surface area (Å²) in [6, 6.07) is 11.3. The van der Waals surface area contributed by atoms with Crippen molar-refractivity contribution in [3.63, 3.8) is 0 Å². The molecule has 3 rings (SSSR count). The number of benzene rings is 2. The van der Waals surface area contributed by atoms with Crippen LogP contribution in [0.25, 0.3) is 16.7 Å². The first-order valence-corrected chi connectivity index (χ1v) is 7.06. The van der Waals surface area contributed by atoms with Gasteiger partial charge in [-0.25, -0.2) is 0 Å². The summed E-state index contributed by atoms with van der Waals surface area (Å²) >= 11 is 0. The third-order valence-electron chi connectivity index (χ3n) is 3.45. The number of rotatable bonds is 4. The Balaban J connectivity index is 2.15. The molecule has 22 heavy (non-hydrogen) atoms. The molecule has 0 aliphatic carbocycles. The molecule has 0 amide bonds. The Labute approximate surface area is 126 Å². The maximum Gasteiger partial charge on any atom is 0.250 e. The third kappa shape index (κ3) is 2.28. The number of ketones is 1. The van der Waals surface area contributed by atoms with Crippen molar-refractivity contribution in [2.45, 2.75) is 19.8 Å². The molecule has 0 radical (unpaired) electrons. The molecular formula is C16H15N3O3. The average molecular weight is 297 g/mol. The minimum Gasteiger partial charge on any atom is -0.692 e. The number of phenolic OH excluding ortho intramolecular Hbond substituents is 1. The standard InChI is InChI=1S/C16H15N3O3/c1-2-5-15(20)11-8-9-16(21)14(10-11)18-17-12-6-3-4-7-13(12)19(18)22/h3-4,6-10,21H,2,5H2,1H3. The second-order valence-corrected chi connectivity index (χ2v) is 5.03. The highest BCUT2D eigenvalue weighted by molar-refractivity contribution is 5.96. The maximum atomic E-state index is 12.3. The lowest BCUT2D eigenvalue weighted by Crippen LogP contribution is -2.37. The monoisotopic (exact) mass is 297 g/mol. The van der Waals surface area contributed by atoms with Gasteiger partial charge in [0.05, 0.1) is 5.10 Å². The van der Waals surface area contributed by atoms with E-state index in [-0.39, 0.29) is 17.2 Å². The van der Waals surface area contributed by atoms with Crippen LogP contribution in [0.15, 0.2) is 42.5 Å². The lowest BCUT2D eigenvalue weighted by atomic mass is 10.1. The first-order chi connectivity index (χ1) is 10.6. The molecule has 1 aromatic heterocycles. The molecular weight excluding hydrogens is 282 g/mol. The predicted molar refractivity (Wildman–Crippen MR) is 80.9 cm³/mol. The number of aromatic hydroxyl groups is 1. The topological polar surface area (TPSA) is 82.1 Å². The predicted octanol–water partition coefficient (Wildman–Crippen LogP) is 2.35. The van der Waals surface area contributed by atoms with Crippen molar-refractivity contribution in [1.29, 1.82) is 0 Å². The summed E-state index contributed by atoms with van der Waals surface area (Å²) in [5.74, 6) is -0.136. The van der Waals surface area contributed by atoms with E-state index in [0.717, 1.165) is 11.2 Å². The van der Waals surface area contributed by atoms with Crippen LogP contribution < -0.4 is 4.85 Å². The fraction of sp³-hybridized carbons (Fsp3) is 0.188. The summed E-state index contributed by atoms with van der Waals surface area (Å²) in [4.78, 5) is 13.7. The minimum atomic E-state index is -0.106. The average Bonchev–Trinajstić information content (AvgIpc) is 2.85. The van der Waals surface area contributed by atoms with Crippen LogP contribution in [0, 0.1) is 5.21 Å². The van der Waals surface area contributed by atoms with Gasteiger partial charge in [0.1, 0.15) is 5.75 Å². The Morgan fingerprint density at radius 1 is 1.32 bits per heavy atom. The molecule has 0 aliphatic heterocycles. The minimum absolute atomic E-state index is 0.0297. The second kappa shape index (κ2) is 5.48. The number of aromatic nitrogens is 3. The SMILES string of the molecule is CCCC(=O)c1ccc(O)c(-n2nc3ccccc3[n+]2[O-])c1. The molecule has 6 nitrogen and oxygen atoms in total. The zero-order valence-electron chi connectivity index (χ0n) is 12.1. The number of phenols is 1. The molecule has 0 aliphatic rings. The zero-order chi connectivity index (χ0) is 15.7. The van der Waals surface area contributed by atoms with Crippen molar-refractivity contribution in [3.05, 3.63) is 53.2 Å². The first kappa shape index (κ1) is 14.1. The molecule has 6 heteroatoms. The van der Waals surface area contributed by atoms with E-state index in [1.165, 1.54) is 12.1 Å². The third-order valence-corrected chi connectivity index (χ3v) is 3.45. The van der Waals surface area contributed by atoms with E-state index in [0.29, 0.717) is 27.9 Å². The number of Topliss-reactive ketones (excluding diaryl/α,β-unsaturated/α-hetero) is 1. The van der Waals surface area contributed by atoms with E-state index in [2.05, 4.69) is 5.10 Å². The van der Waals surface area contributed by atoms with E-state index in [4.69, 9.17) is 0 Å². The lowest BCUT2D eigenvalue weighted by molar-refractivity contribution is -0.664. The molecule has 2 aromatic carbocycles. The highest BCUT2D eigenvalue weighted by Crippen LogP contribution is 2.23. The highest BCUT2D eigenvalue weighted by atomic mass is 16.5. The number of carbonyl (C=O) groups excluding carboxylic acids is 1. The fourth-order valence-corrected chi connectivity index (χ4v) is 2.34. The second-order valence-electron chi connectivity index (χ2n) is 5.03. The molecule has 0 bridgehead atoms. The summed E-state index contributed by atoms with van der Waals surface area (Å²) in [5.41, 5.74) is 1.55. The van der Waals surface area contributed by atoms with Crippen molar-refractivity contribution in [1.82, 2.24) is 9.90 Å². The quantitative estimate of drug-likeness (QED) is 0.455. The van der Waals surface area contributed by atoms with E-state index in [1.54, 1.807) is 30.3 Å². The molecule has 0 unspecified atom stereocenters. The van der Waals surface area contributed by atoms with Crippen LogP contribution in [-0.4, -0.2) is 20.8 Å². The number of carbonyl (C=O) groups is 1. The van der Waals surface area contributed by atoms with Crippen LogP contribution in [0.3, 0.4) is 0 Å². The normalized spacial score (nSPS) is 11.0. The van der Waals surface area contributed by atoms with Crippen LogP contribution in [0.1, 0.15) is 30.1 Å². The van der Waals surface area contributed by atoms with Crippen molar-refractivity contribution < 1.29 is 14.7 Å². The summed E-state index contributed by atoms with van der Waals surface area (Å²) in [7, 11) is 0. The zero-order valence-corrected chi connectivity index (χ0v) is 12.1. The molecule has 0 fully saturated rings. The van der Waals surface area contributed by atoms with Gasteiger partial charge in [0.2, 0.25) is 11.0 Å². The summed E-state index contributed by atoms with van der Waals surface area (Å²) < 4.78 is 0. The summed E-state index contributed by atoms with van der Waals surface area (Å²) in [6.45, 7) is 1.92. The number of nitrogens with zero attached hydrogens (tertiary/aromatic N) is 3. The molecule has 0 atom stereocenters. The van der Waals surface area contributed by atoms with Crippen molar-refractivity contribution in [2.75, 3.05) is 0 Å².